The van der Waals surface area contributed by atoms with E-state index in [0.29, 0.717) is 32.2 Å². The first-order valence-electron chi connectivity index (χ1n) is 9.39. The van der Waals surface area contributed by atoms with Crippen molar-refractivity contribution in [2.75, 3.05) is 38.0 Å². The lowest BCUT2D eigenvalue weighted by Gasteiger charge is -2.36. The Labute approximate surface area is 162 Å². The van der Waals surface area contributed by atoms with Crippen LogP contribution in [0.15, 0.2) is 40.1 Å². The molecule has 0 radical (unpaired) electrons. The van der Waals surface area contributed by atoms with Crippen molar-refractivity contribution in [2.45, 2.75) is 19.4 Å². The van der Waals surface area contributed by atoms with Crippen molar-refractivity contribution < 1.29 is 13.6 Å². The summed E-state index contributed by atoms with van der Waals surface area (Å²) in [4.78, 5) is 27.4. The van der Waals surface area contributed by atoms with Gasteiger partial charge in [-0.15, -0.1) is 0 Å². The first-order chi connectivity index (χ1) is 13.5. The van der Waals surface area contributed by atoms with E-state index >= 15 is 0 Å². The Morgan fingerprint density at radius 2 is 2.04 bits per heavy atom. The summed E-state index contributed by atoms with van der Waals surface area (Å²) in [5.74, 6) is 0.308. The second kappa shape index (κ2) is 7.57. The zero-order valence-electron chi connectivity index (χ0n) is 15.6. The number of nitrogens with zero attached hydrogens (tertiary/aromatic N) is 5. The maximum Gasteiger partial charge on any atom is 0.322 e. The third-order valence-electron chi connectivity index (χ3n) is 5.14. The van der Waals surface area contributed by atoms with Gasteiger partial charge < -0.3 is 20.0 Å². The van der Waals surface area contributed by atoms with Gasteiger partial charge >= 0.3 is 6.03 Å². The lowest BCUT2D eigenvalue weighted by molar-refractivity contribution is 0.166. The fourth-order valence-electron chi connectivity index (χ4n) is 3.45. The molecule has 1 saturated heterocycles. The molecule has 148 valence electrons. The summed E-state index contributed by atoms with van der Waals surface area (Å²) >= 11 is 0. The standard InChI is InChI=1S/C19H22F2N6O/c1-2-14-11-27-12-22-17(10-18(27)23-14)25-5-7-26(8-6-25)19(28)24-16-4-3-13(20)9-15(16)21/h3-4,9-10,12,14H,2,5-8,11H2,1H3,(H,24,28)/t14-/m0/s1. The molecule has 3 aliphatic heterocycles. The number of urea groups is 1. The number of amidine groups is 1. The SMILES string of the molecule is CC[C@H]1CN2C=NC(N3CCN(C(=O)Nc4ccc(F)cc4F)CC3)=CC2=N1. The molecule has 0 bridgehead atoms. The monoisotopic (exact) mass is 388 g/mol. The summed E-state index contributed by atoms with van der Waals surface area (Å²) in [6, 6.07) is 2.99. The molecule has 0 spiro atoms. The zero-order chi connectivity index (χ0) is 19.7. The van der Waals surface area contributed by atoms with Crippen LogP contribution in [0, 0.1) is 11.6 Å². The van der Waals surface area contributed by atoms with Crippen LogP contribution in [-0.2, 0) is 0 Å². The molecular weight excluding hydrogens is 366 g/mol. The molecule has 7 nitrogen and oxygen atoms in total. The summed E-state index contributed by atoms with van der Waals surface area (Å²) in [7, 11) is 0. The molecule has 4 rings (SSSR count). The molecule has 0 aliphatic carbocycles. The van der Waals surface area contributed by atoms with E-state index in [1.165, 1.54) is 6.07 Å². The molecule has 0 unspecified atom stereocenters. The van der Waals surface area contributed by atoms with E-state index in [4.69, 9.17) is 0 Å². The number of aliphatic imine (C=N–C) groups is 2. The summed E-state index contributed by atoms with van der Waals surface area (Å²) in [5, 5.41) is 2.50. The molecule has 0 saturated carbocycles. The van der Waals surface area contributed by atoms with Crippen molar-refractivity contribution >= 4 is 23.9 Å². The van der Waals surface area contributed by atoms with Crippen molar-refractivity contribution in [2.24, 2.45) is 9.98 Å². The van der Waals surface area contributed by atoms with E-state index < -0.39 is 17.7 Å². The number of benzene rings is 1. The third kappa shape index (κ3) is 3.69. The van der Waals surface area contributed by atoms with Crippen LogP contribution >= 0.6 is 0 Å². The number of anilines is 1. The second-order valence-corrected chi connectivity index (χ2v) is 6.98. The van der Waals surface area contributed by atoms with Gasteiger partial charge in [-0.05, 0) is 18.6 Å². The Bertz CT molecular complexity index is 860. The van der Waals surface area contributed by atoms with Crippen LogP contribution in [0.4, 0.5) is 19.3 Å². The highest BCUT2D eigenvalue weighted by Crippen LogP contribution is 2.20. The van der Waals surface area contributed by atoms with Crippen molar-refractivity contribution in [1.82, 2.24) is 14.7 Å². The van der Waals surface area contributed by atoms with Gasteiger partial charge in [0.25, 0.3) is 0 Å². The molecule has 0 aromatic heterocycles. The van der Waals surface area contributed by atoms with Crippen LogP contribution in [0.5, 0.6) is 0 Å². The van der Waals surface area contributed by atoms with E-state index in [-0.39, 0.29) is 5.69 Å². The number of hydrogen-bond donors (Lipinski definition) is 1. The van der Waals surface area contributed by atoms with Crippen LogP contribution in [0.25, 0.3) is 0 Å². The van der Waals surface area contributed by atoms with Gasteiger partial charge in [0.05, 0.1) is 18.1 Å². The molecule has 9 heteroatoms. The molecule has 1 aromatic rings. The number of amides is 2. The van der Waals surface area contributed by atoms with Crippen LogP contribution in [0.2, 0.25) is 0 Å². The Morgan fingerprint density at radius 1 is 1.25 bits per heavy atom. The van der Waals surface area contributed by atoms with Gasteiger partial charge in [-0.2, -0.15) is 0 Å². The largest absolute Gasteiger partial charge is 0.353 e. The highest BCUT2D eigenvalue weighted by Gasteiger charge is 2.28. The lowest BCUT2D eigenvalue weighted by atomic mass is 10.2. The van der Waals surface area contributed by atoms with Gasteiger partial charge in [0.1, 0.15) is 23.3 Å². The molecule has 1 fully saturated rings. The Kier molecular flexibility index (Phi) is 4.97. The summed E-state index contributed by atoms with van der Waals surface area (Å²) in [6.45, 7) is 5.19. The molecule has 3 aliphatic rings. The lowest BCUT2D eigenvalue weighted by Crippen LogP contribution is -2.50. The number of piperazine rings is 1. The molecular formula is C19H22F2N6O. The Morgan fingerprint density at radius 3 is 2.75 bits per heavy atom. The first kappa shape index (κ1) is 18.4. The number of rotatable bonds is 3. The van der Waals surface area contributed by atoms with Crippen molar-refractivity contribution in [3.63, 3.8) is 0 Å². The molecule has 28 heavy (non-hydrogen) atoms. The third-order valence-corrected chi connectivity index (χ3v) is 5.14. The highest BCUT2D eigenvalue weighted by atomic mass is 19.1. The average Bonchev–Trinajstić information content (AvgIpc) is 3.12. The van der Waals surface area contributed by atoms with Gasteiger partial charge in [-0.1, -0.05) is 6.92 Å². The fourth-order valence-corrected chi connectivity index (χ4v) is 3.45. The van der Waals surface area contributed by atoms with E-state index in [1.54, 1.807) is 4.90 Å². The topological polar surface area (TPSA) is 63.5 Å². The maximum absolute atomic E-state index is 13.7. The number of hydrogen-bond acceptors (Lipinski definition) is 5. The Balaban J connectivity index is 1.34. The van der Waals surface area contributed by atoms with Crippen LogP contribution in [0.1, 0.15) is 13.3 Å². The highest BCUT2D eigenvalue weighted by molar-refractivity contribution is 6.03. The summed E-state index contributed by atoms with van der Waals surface area (Å²) in [6.07, 6.45) is 4.80. The van der Waals surface area contributed by atoms with E-state index in [9.17, 15) is 13.6 Å². The molecule has 1 atom stereocenters. The number of fused-ring (bicyclic) bond motifs is 1. The summed E-state index contributed by atoms with van der Waals surface area (Å²) in [5.41, 5.74) is -0.0294. The van der Waals surface area contributed by atoms with Crippen LogP contribution < -0.4 is 5.32 Å². The normalized spacial score (nSPS) is 21.4. The minimum absolute atomic E-state index is 0.0294. The van der Waals surface area contributed by atoms with Gasteiger partial charge in [0.15, 0.2) is 0 Å². The average molecular weight is 388 g/mol. The van der Waals surface area contributed by atoms with E-state index in [0.717, 1.165) is 36.8 Å². The first-order valence-corrected chi connectivity index (χ1v) is 9.39. The molecule has 1 N–H and O–H groups in total. The minimum Gasteiger partial charge on any atom is -0.353 e. The Hall–Kier alpha value is -2.97. The van der Waals surface area contributed by atoms with Gasteiger partial charge in [0, 0.05) is 44.9 Å². The van der Waals surface area contributed by atoms with E-state index in [1.807, 2.05) is 12.4 Å². The zero-order valence-corrected chi connectivity index (χ0v) is 15.6. The second-order valence-electron chi connectivity index (χ2n) is 6.98. The van der Waals surface area contributed by atoms with Crippen LogP contribution in [0.3, 0.4) is 0 Å². The summed E-state index contributed by atoms with van der Waals surface area (Å²) < 4.78 is 26.7. The molecule has 3 heterocycles. The maximum atomic E-state index is 13.7. The van der Waals surface area contributed by atoms with Gasteiger partial charge in [-0.25, -0.2) is 18.6 Å². The van der Waals surface area contributed by atoms with Crippen molar-refractivity contribution in [3.8, 4) is 0 Å². The number of nitrogens with one attached hydrogen (secondary N) is 1. The number of carbonyl (C=O) groups excluding carboxylic acids is 1. The fraction of sp³-hybridized carbons (Fsp3) is 0.421. The minimum atomic E-state index is -0.791. The van der Waals surface area contributed by atoms with E-state index in [2.05, 4.69) is 32.0 Å². The smallest absolute Gasteiger partial charge is 0.322 e. The van der Waals surface area contributed by atoms with Crippen LogP contribution in [-0.4, -0.2) is 71.7 Å². The molecule has 2 amide bonds. The predicted octanol–water partition coefficient (Wildman–Crippen LogP) is 2.49. The van der Waals surface area contributed by atoms with Crippen molar-refractivity contribution in [1.29, 1.82) is 0 Å². The molecule has 1 aromatic carbocycles. The number of carbonyl (C=O) groups is 1. The van der Waals surface area contributed by atoms with Gasteiger partial charge in [-0.3, -0.25) is 4.99 Å². The van der Waals surface area contributed by atoms with Crippen molar-refractivity contribution in [3.05, 3.63) is 41.7 Å². The van der Waals surface area contributed by atoms with Gasteiger partial charge in [0.2, 0.25) is 0 Å². The number of halogens is 2. The quantitative estimate of drug-likeness (QED) is 0.865. The predicted molar refractivity (Wildman–Crippen MR) is 103 cm³/mol.